The van der Waals surface area contributed by atoms with E-state index >= 15 is 0 Å². The molecule has 0 saturated carbocycles. The third-order valence-corrected chi connectivity index (χ3v) is 4.21. The number of allylic oxidation sites excluding steroid dienone is 1. The van der Waals surface area contributed by atoms with Gasteiger partial charge in [-0.1, -0.05) is 6.08 Å². The zero-order valence-electron chi connectivity index (χ0n) is 15.5. The van der Waals surface area contributed by atoms with Crippen molar-refractivity contribution in [3.63, 3.8) is 0 Å². The van der Waals surface area contributed by atoms with Gasteiger partial charge in [0.05, 0.1) is 12.5 Å². The molecular formula is C19H27NO5. The maximum absolute atomic E-state index is 13.1. The molecule has 1 aliphatic heterocycles. The molecule has 1 aliphatic rings. The van der Waals surface area contributed by atoms with Gasteiger partial charge in [0.25, 0.3) is 0 Å². The van der Waals surface area contributed by atoms with Gasteiger partial charge >= 0.3 is 12.1 Å². The van der Waals surface area contributed by atoms with Crippen molar-refractivity contribution in [1.82, 2.24) is 4.90 Å². The third kappa shape index (κ3) is 4.85. The summed E-state index contributed by atoms with van der Waals surface area (Å²) < 4.78 is 10.1. The fraction of sp³-hybridized carbons (Fsp3) is 0.632. The van der Waals surface area contributed by atoms with E-state index in [4.69, 9.17) is 15.9 Å². The number of ether oxygens (including phenoxy) is 2. The van der Waals surface area contributed by atoms with E-state index in [1.165, 1.54) is 7.11 Å². The fourth-order valence-corrected chi connectivity index (χ4v) is 3.02. The second kappa shape index (κ2) is 8.19. The number of hydrogen-bond donors (Lipinski definition) is 0. The Bertz CT molecular complexity index is 584. The van der Waals surface area contributed by atoms with E-state index in [1.807, 2.05) is 0 Å². The Morgan fingerprint density at radius 3 is 2.56 bits per heavy atom. The lowest BCUT2D eigenvalue weighted by Gasteiger charge is -2.28. The van der Waals surface area contributed by atoms with Crippen LogP contribution in [0.3, 0.4) is 0 Å². The molecule has 25 heavy (non-hydrogen) atoms. The maximum atomic E-state index is 13.1. The topological polar surface area (TPSA) is 72.9 Å². The number of imide groups is 1. The van der Waals surface area contributed by atoms with E-state index in [1.54, 1.807) is 26.8 Å². The van der Waals surface area contributed by atoms with Crippen molar-refractivity contribution in [3.05, 3.63) is 12.7 Å². The lowest BCUT2D eigenvalue weighted by molar-refractivity contribution is -0.149. The fourth-order valence-electron chi connectivity index (χ4n) is 3.02. The summed E-state index contributed by atoms with van der Waals surface area (Å²) in [5, 5.41) is 0. The standard InChI is InChI=1S/C19H27NO5/c1-7-9-11-19(12-10-8-2)13-14(15(21)24-6)20(16(19)22)17(23)25-18(3,4)5/h1,8,14H,2,9-13H2,3-6H3/t14-,19?/m0/s1. The number of carbonyl (C=O) groups is 3. The Labute approximate surface area is 149 Å². The molecule has 0 bridgehead atoms. The smallest absolute Gasteiger partial charge is 0.417 e. The molecular weight excluding hydrogens is 322 g/mol. The highest BCUT2D eigenvalue weighted by Crippen LogP contribution is 2.44. The number of rotatable bonds is 6. The Hall–Kier alpha value is -2.29. The minimum atomic E-state index is -1.00. The van der Waals surface area contributed by atoms with Crippen LogP contribution in [0.1, 0.15) is 52.9 Å². The molecule has 0 aromatic rings. The molecule has 2 atom stereocenters. The first-order valence-electron chi connectivity index (χ1n) is 8.30. The summed E-state index contributed by atoms with van der Waals surface area (Å²) in [6.45, 7) is 8.77. The Morgan fingerprint density at radius 1 is 1.44 bits per heavy atom. The van der Waals surface area contributed by atoms with Crippen molar-refractivity contribution in [2.45, 2.75) is 64.5 Å². The number of hydrogen-bond acceptors (Lipinski definition) is 5. The average molecular weight is 349 g/mol. The van der Waals surface area contributed by atoms with E-state index < -0.39 is 35.0 Å². The van der Waals surface area contributed by atoms with Crippen molar-refractivity contribution < 1.29 is 23.9 Å². The highest BCUT2D eigenvalue weighted by atomic mass is 16.6. The largest absolute Gasteiger partial charge is 0.467 e. The Morgan fingerprint density at radius 2 is 2.08 bits per heavy atom. The molecule has 1 unspecified atom stereocenters. The lowest BCUT2D eigenvalue weighted by atomic mass is 9.76. The van der Waals surface area contributed by atoms with Gasteiger partial charge in [-0.05, 0) is 46.5 Å². The summed E-state index contributed by atoms with van der Waals surface area (Å²) in [7, 11) is 1.23. The van der Waals surface area contributed by atoms with Gasteiger partial charge in [-0.3, -0.25) is 4.79 Å². The first-order valence-corrected chi connectivity index (χ1v) is 8.30. The van der Waals surface area contributed by atoms with E-state index in [9.17, 15) is 14.4 Å². The predicted molar refractivity (Wildman–Crippen MR) is 93.4 cm³/mol. The third-order valence-electron chi connectivity index (χ3n) is 4.21. The van der Waals surface area contributed by atoms with Crippen LogP contribution in [0.2, 0.25) is 0 Å². The van der Waals surface area contributed by atoms with Gasteiger partial charge < -0.3 is 9.47 Å². The van der Waals surface area contributed by atoms with Crippen LogP contribution in [0.5, 0.6) is 0 Å². The van der Waals surface area contributed by atoms with Crippen LogP contribution in [0.4, 0.5) is 4.79 Å². The van der Waals surface area contributed by atoms with Crippen LogP contribution < -0.4 is 0 Å². The molecule has 6 heteroatoms. The maximum Gasteiger partial charge on any atom is 0.417 e. The first kappa shape index (κ1) is 20.8. The second-order valence-electron chi connectivity index (χ2n) is 7.21. The highest BCUT2D eigenvalue weighted by Gasteiger charge is 2.56. The van der Waals surface area contributed by atoms with Gasteiger partial charge in [-0.15, -0.1) is 18.9 Å². The van der Waals surface area contributed by atoms with Crippen LogP contribution in [0.25, 0.3) is 0 Å². The molecule has 0 radical (unpaired) electrons. The monoisotopic (exact) mass is 349 g/mol. The molecule has 6 nitrogen and oxygen atoms in total. The zero-order chi connectivity index (χ0) is 19.3. The summed E-state index contributed by atoms with van der Waals surface area (Å²) >= 11 is 0. The van der Waals surface area contributed by atoms with Crippen LogP contribution in [-0.4, -0.2) is 41.6 Å². The van der Waals surface area contributed by atoms with Crippen LogP contribution in [0.15, 0.2) is 12.7 Å². The molecule has 0 aliphatic carbocycles. The van der Waals surface area contributed by atoms with Crippen molar-refractivity contribution in [3.8, 4) is 12.3 Å². The number of amides is 2. The van der Waals surface area contributed by atoms with Gasteiger partial charge in [-0.2, -0.15) is 0 Å². The van der Waals surface area contributed by atoms with Crippen molar-refractivity contribution in [1.29, 1.82) is 0 Å². The van der Waals surface area contributed by atoms with Gasteiger partial charge in [0.2, 0.25) is 5.91 Å². The Kier molecular flexibility index (Phi) is 6.80. The van der Waals surface area contributed by atoms with Crippen molar-refractivity contribution >= 4 is 18.0 Å². The molecule has 1 heterocycles. The van der Waals surface area contributed by atoms with Gasteiger partial charge in [-0.25, -0.2) is 14.5 Å². The summed E-state index contributed by atoms with van der Waals surface area (Å²) in [5.41, 5.74) is -1.68. The molecule has 0 spiro atoms. The van der Waals surface area contributed by atoms with Gasteiger partial charge in [0.15, 0.2) is 0 Å². The second-order valence-corrected chi connectivity index (χ2v) is 7.21. The summed E-state index contributed by atoms with van der Waals surface area (Å²) in [5.74, 6) is 1.45. The Balaban J connectivity index is 3.24. The number of nitrogens with zero attached hydrogens (tertiary/aromatic N) is 1. The summed E-state index contributed by atoms with van der Waals surface area (Å²) in [4.78, 5) is 38.8. The summed E-state index contributed by atoms with van der Waals surface area (Å²) in [6.07, 6.45) is 8.20. The normalized spacial score (nSPS) is 23.1. The predicted octanol–water partition coefficient (Wildman–Crippen LogP) is 3.06. The molecule has 2 amide bonds. The summed E-state index contributed by atoms with van der Waals surface area (Å²) in [6, 6.07) is -1.00. The van der Waals surface area contributed by atoms with Gasteiger partial charge in [0.1, 0.15) is 11.6 Å². The SMILES string of the molecule is C#CCCC1(CCC=C)C[C@@H](C(=O)OC)N(C(=O)OC(C)(C)C)C1=O. The number of esters is 1. The highest BCUT2D eigenvalue weighted by molar-refractivity contribution is 6.02. The first-order chi connectivity index (χ1) is 11.6. The van der Waals surface area contributed by atoms with Crippen molar-refractivity contribution in [2.24, 2.45) is 5.41 Å². The minimum Gasteiger partial charge on any atom is -0.467 e. The molecule has 1 saturated heterocycles. The lowest BCUT2D eigenvalue weighted by Crippen LogP contribution is -2.47. The molecule has 1 fully saturated rings. The van der Waals surface area contributed by atoms with Crippen LogP contribution in [-0.2, 0) is 19.1 Å². The van der Waals surface area contributed by atoms with E-state index in [0.29, 0.717) is 25.7 Å². The van der Waals surface area contributed by atoms with E-state index in [0.717, 1.165) is 4.90 Å². The zero-order valence-corrected chi connectivity index (χ0v) is 15.5. The van der Waals surface area contributed by atoms with Gasteiger partial charge in [0, 0.05) is 6.42 Å². The average Bonchev–Trinajstić information content (AvgIpc) is 2.82. The number of methoxy groups -OCH3 is 1. The van der Waals surface area contributed by atoms with Crippen LogP contribution in [0, 0.1) is 17.8 Å². The molecule has 0 aromatic heterocycles. The molecule has 0 N–H and O–H groups in total. The van der Waals surface area contributed by atoms with Crippen LogP contribution >= 0.6 is 0 Å². The van der Waals surface area contributed by atoms with E-state index in [-0.39, 0.29) is 6.42 Å². The van der Waals surface area contributed by atoms with Crippen molar-refractivity contribution in [2.75, 3.05) is 7.11 Å². The molecule has 0 aromatic carbocycles. The quantitative estimate of drug-likeness (QED) is 0.419. The number of terminal acetylenes is 1. The number of likely N-dealkylation sites (tertiary alicyclic amines) is 1. The number of carbonyl (C=O) groups excluding carboxylic acids is 3. The minimum absolute atomic E-state index is 0.174. The molecule has 138 valence electrons. The van der Waals surface area contributed by atoms with E-state index in [2.05, 4.69) is 12.5 Å². The molecule has 1 rings (SSSR count).